The third-order valence-electron chi connectivity index (χ3n) is 3.40. The Labute approximate surface area is 144 Å². The fourth-order valence-corrected chi connectivity index (χ4v) is 2.10. The van der Waals surface area contributed by atoms with Crippen molar-refractivity contribution in [3.8, 4) is 5.75 Å². The van der Waals surface area contributed by atoms with Gasteiger partial charge in [-0.1, -0.05) is 18.2 Å². The van der Waals surface area contributed by atoms with Crippen LogP contribution < -0.4 is 15.4 Å². The quantitative estimate of drug-likeness (QED) is 0.638. The van der Waals surface area contributed by atoms with Crippen LogP contribution in [0.15, 0.2) is 48.5 Å². The Bertz CT molecular complexity index is 771. The smallest absolute Gasteiger partial charge is 0.337 e. The van der Waals surface area contributed by atoms with Gasteiger partial charge in [0.15, 0.2) is 0 Å². The number of esters is 1. The second kappa shape index (κ2) is 8.49. The Kier molecular flexibility index (Phi) is 6.11. The molecule has 0 radical (unpaired) electrons. The Morgan fingerprint density at radius 1 is 0.920 bits per heavy atom. The predicted molar refractivity (Wildman–Crippen MR) is 91.3 cm³/mol. The summed E-state index contributed by atoms with van der Waals surface area (Å²) in [6.45, 7) is 0.164. The summed E-state index contributed by atoms with van der Waals surface area (Å²) in [6.07, 6.45) is 0. The average molecular weight is 342 g/mol. The van der Waals surface area contributed by atoms with Crippen molar-refractivity contribution in [1.82, 2.24) is 5.32 Å². The Morgan fingerprint density at radius 2 is 1.60 bits per heavy atom. The summed E-state index contributed by atoms with van der Waals surface area (Å²) in [5, 5.41) is 4.98. The van der Waals surface area contributed by atoms with E-state index < -0.39 is 17.8 Å². The van der Waals surface area contributed by atoms with Gasteiger partial charge in [0.2, 0.25) is 0 Å². The molecule has 0 spiro atoms. The van der Waals surface area contributed by atoms with Crippen molar-refractivity contribution < 1.29 is 23.9 Å². The average Bonchev–Trinajstić information content (AvgIpc) is 2.66. The number of benzene rings is 2. The molecule has 0 saturated heterocycles. The standard InChI is InChI=1S/C18H18N2O5/c1-24-15-6-4-3-5-13(15)11-19-16(21)17(22)20-14-9-7-12(8-10-14)18(23)25-2/h3-10H,11H2,1-2H3,(H,19,21)(H,20,22). The zero-order valence-electron chi connectivity index (χ0n) is 13.9. The van der Waals surface area contributed by atoms with Gasteiger partial charge in [0, 0.05) is 17.8 Å². The minimum absolute atomic E-state index is 0.164. The summed E-state index contributed by atoms with van der Waals surface area (Å²) >= 11 is 0. The minimum Gasteiger partial charge on any atom is -0.496 e. The Hall–Kier alpha value is -3.35. The van der Waals surface area contributed by atoms with Crippen LogP contribution in [0.1, 0.15) is 15.9 Å². The zero-order chi connectivity index (χ0) is 18.2. The molecule has 0 aliphatic heterocycles. The molecular weight excluding hydrogens is 324 g/mol. The molecule has 2 N–H and O–H groups in total. The normalized spacial score (nSPS) is 9.84. The third-order valence-corrected chi connectivity index (χ3v) is 3.40. The van der Waals surface area contributed by atoms with E-state index in [0.717, 1.165) is 5.56 Å². The molecule has 25 heavy (non-hydrogen) atoms. The van der Waals surface area contributed by atoms with Crippen LogP contribution in [-0.4, -0.2) is 32.0 Å². The number of hydrogen-bond acceptors (Lipinski definition) is 5. The summed E-state index contributed by atoms with van der Waals surface area (Å²) in [4.78, 5) is 35.2. The van der Waals surface area contributed by atoms with Crippen molar-refractivity contribution in [1.29, 1.82) is 0 Å². The zero-order valence-corrected chi connectivity index (χ0v) is 13.9. The molecule has 0 atom stereocenters. The molecule has 0 bridgehead atoms. The first-order valence-corrected chi connectivity index (χ1v) is 7.44. The molecule has 0 aliphatic carbocycles. The van der Waals surface area contributed by atoms with Gasteiger partial charge < -0.3 is 20.1 Å². The third kappa shape index (κ3) is 4.81. The summed E-state index contributed by atoms with van der Waals surface area (Å²) in [6, 6.07) is 13.2. The van der Waals surface area contributed by atoms with E-state index in [1.807, 2.05) is 12.1 Å². The van der Waals surface area contributed by atoms with Gasteiger partial charge in [-0.05, 0) is 30.3 Å². The summed E-state index contributed by atoms with van der Waals surface area (Å²) < 4.78 is 9.77. The van der Waals surface area contributed by atoms with Crippen LogP contribution in [0.5, 0.6) is 5.75 Å². The first-order valence-electron chi connectivity index (χ1n) is 7.44. The Balaban J connectivity index is 1.92. The maximum atomic E-state index is 11.9. The van der Waals surface area contributed by atoms with Gasteiger partial charge in [0.25, 0.3) is 0 Å². The van der Waals surface area contributed by atoms with E-state index in [2.05, 4.69) is 15.4 Å². The van der Waals surface area contributed by atoms with E-state index in [1.54, 1.807) is 12.1 Å². The van der Waals surface area contributed by atoms with Gasteiger partial charge in [0.05, 0.1) is 19.8 Å². The number of nitrogens with one attached hydrogen (secondary N) is 2. The largest absolute Gasteiger partial charge is 0.496 e. The summed E-state index contributed by atoms with van der Waals surface area (Å²) in [5.41, 5.74) is 1.50. The van der Waals surface area contributed by atoms with Gasteiger partial charge in [-0.15, -0.1) is 0 Å². The molecule has 2 amide bonds. The number of carbonyl (C=O) groups excluding carboxylic acids is 3. The van der Waals surface area contributed by atoms with E-state index >= 15 is 0 Å². The predicted octanol–water partition coefficient (Wildman–Crippen LogP) is 1.74. The molecule has 0 heterocycles. The highest BCUT2D eigenvalue weighted by Crippen LogP contribution is 2.16. The van der Waals surface area contributed by atoms with Crippen molar-refractivity contribution in [3.05, 3.63) is 59.7 Å². The fraction of sp³-hybridized carbons (Fsp3) is 0.167. The molecular formula is C18H18N2O5. The van der Waals surface area contributed by atoms with Crippen LogP contribution in [0.25, 0.3) is 0 Å². The number of carbonyl (C=O) groups is 3. The highest BCUT2D eigenvalue weighted by atomic mass is 16.5. The van der Waals surface area contributed by atoms with Crippen LogP contribution in [0.3, 0.4) is 0 Å². The maximum Gasteiger partial charge on any atom is 0.337 e. The SMILES string of the molecule is COC(=O)c1ccc(NC(=O)C(=O)NCc2ccccc2OC)cc1. The molecule has 0 fully saturated rings. The van der Waals surface area contributed by atoms with E-state index in [4.69, 9.17) is 4.74 Å². The van der Waals surface area contributed by atoms with Crippen LogP contribution in [0, 0.1) is 0 Å². The fourth-order valence-electron chi connectivity index (χ4n) is 2.10. The van der Waals surface area contributed by atoms with E-state index in [9.17, 15) is 14.4 Å². The molecule has 7 nitrogen and oxygen atoms in total. The Morgan fingerprint density at radius 3 is 2.24 bits per heavy atom. The molecule has 130 valence electrons. The molecule has 7 heteroatoms. The lowest BCUT2D eigenvalue weighted by Crippen LogP contribution is -2.35. The van der Waals surface area contributed by atoms with Gasteiger partial charge in [-0.2, -0.15) is 0 Å². The second-order valence-corrected chi connectivity index (χ2v) is 5.02. The molecule has 2 aromatic carbocycles. The highest BCUT2D eigenvalue weighted by Gasteiger charge is 2.14. The first kappa shape index (κ1) is 18.0. The topological polar surface area (TPSA) is 93.7 Å². The van der Waals surface area contributed by atoms with Crippen molar-refractivity contribution >= 4 is 23.5 Å². The van der Waals surface area contributed by atoms with Gasteiger partial charge in [-0.25, -0.2) is 4.79 Å². The van der Waals surface area contributed by atoms with E-state index in [1.165, 1.54) is 38.5 Å². The number of methoxy groups -OCH3 is 2. The lowest BCUT2D eigenvalue weighted by Gasteiger charge is -2.10. The van der Waals surface area contributed by atoms with E-state index in [0.29, 0.717) is 17.0 Å². The van der Waals surface area contributed by atoms with Crippen molar-refractivity contribution in [2.45, 2.75) is 6.54 Å². The minimum atomic E-state index is -0.805. The molecule has 0 unspecified atom stereocenters. The summed E-state index contributed by atoms with van der Waals surface area (Å²) in [5.74, 6) is -1.43. The summed E-state index contributed by atoms with van der Waals surface area (Å²) in [7, 11) is 2.81. The number of amides is 2. The van der Waals surface area contributed by atoms with Crippen LogP contribution in [-0.2, 0) is 20.9 Å². The van der Waals surface area contributed by atoms with Crippen molar-refractivity contribution in [3.63, 3.8) is 0 Å². The maximum absolute atomic E-state index is 11.9. The number of para-hydroxylation sites is 1. The number of hydrogen-bond donors (Lipinski definition) is 2. The molecule has 2 aromatic rings. The van der Waals surface area contributed by atoms with Crippen molar-refractivity contribution in [2.24, 2.45) is 0 Å². The molecule has 0 saturated carbocycles. The molecule has 0 aliphatic rings. The van der Waals surface area contributed by atoms with E-state index in [-0.39, 0.29) is 6.54 Å². The molecule has 0 aromatic heterocycles. The van der Waals surface area contributed by atoms with Crippen LogP contribution in [0.4, 0.5) is 5.69 Å². The lowest BCUT2D eigenvalue weighted by atomic mass is 10.2. The number of anilines is 1. The monoisotopic (exact) mass is 342 g/mol. The highest BCUT2D eigenvalue weighted by molar-refractivity contribution is 6.39. The van der Waals surface area contributed by atoms with Gasteiger partial charge in [0.1, 0.15) is 5.75 Å². The first-order chi connectivity index (χ1) is 12.0. The van der Waals surface area contributed by atoms with Gasteiger partial charge in [-0.3, -0.25) is 9.59 Å². The van der Waals surface area contributed by atoms with Crippen LogP contribution in [0.2, 0.25) is 0 Å². The van der Waals surface area contributed by atoms with Crippen LogP contribution >= 0.6 is 0 Å². The van der Waals surface area contributed by atoms with Gasteiger partial charge >= 0.3 is 17.8 Å². The molecule has 2 rings (SSSR count). The second-order valence-electron chi connectivity index (χ2n) is 5.02. The van der Waals surface area contributed by atoms with Crippen molar-refractivity contribution in [2.75, 3.05) is 19.5 Å². The number of ether oxygens (including phenoxy) is 2. The lowest BCUT2D eigenvalue weighted by molar-refractivity contribution is -0.136. The number of rotatable bonds is 5.